The van der Waals surface area contributed by atoms with E-state index >= 15 is 0 Å². The van der Waals surface area contributed by atoms with Crippen molar-refractivity contribution in [1.82, 2.24) is 9.97 Å². The third-order valence-electron chi connectivity index (χ3n) is 1.35. The van der Waals surface area contributed by atoms with Gasteiger partial charge in [0.2, 0.25) is 0 Å². The van der Waals surface area contributed by atoms with Gasteiger partial charge in [-0.2, -0.15) is 0 Å². The van der Waals surface area contributed by atoms with Crippen molar-refractivity contribution < 1.29 is 0 Å². The highest BCUT2D eigenvalue weighted by molar-refractivity contribution is 5.07. The van der Waals surface area contributed by atoms with E-state index in [1.54, 1.807) is 6.33 Å². The van der Waals surface area contributed by atoms with E-state index in [2.05, 4.69) is 16.9 Å². The fraction of sp³-hybridized carbons (Fsp3) is 0.429. The first-order valence-electron chi connectivity index (χ1n) is 3.36. The van der Waals surface area contributed by atoms with Crippen LogP contribution in [-0.2, 0) is 13.0 Å². The van der Waals surface area contributed by atoms with Crippen LogP contribution in [0.2, 0.25) is 0 Å². The zero-order chi connectivity index (χ0) is 7.40. The number of hydrogen-bond acceptors (Lipinski definition) is 3. The average molecular weight is 137 g/mol. The number of rotatable bonds is 2. The molecule has 1 heterocycles. The lowest BCUT2D eigenvalue weighted by molar-refractivity contribution is 0.918. The normalized spacial score (nSPS) is 9.80. The van der Waals surface area contributed by atoms with Crippen molar-refractivity contribution in [1.29, 1.82) is 0 Å². The van der Waals surface area contributed by atoms with Gasteiger partial charge in [0.1, 0.15) is 6.33 Å². The molecule has 10 heavy (non-hydrogen) atoms. The summed E-state index contributed by atoms with van der Waals surface area (Å²) in [7, 11) is 0. The third-order valence-corrected chi connectivity index (χ3v) is 1.35. The number of nitrogens with zero attached hydrogens (tertiary/aromatic N) is 2. The maximum Gasteiger partial charge on any atom is 0.115 e. The Labute approximate surface area is 60.3 Å². The average Bonchev–Trinajstić information content (AvgIpc) is 2.05. The number of aryl methyl sites for hydroxylation is 1. The Hall–Kier alpha value is -0.960. The molecule has 0 atom stereocenters. The summed E-state index contributed by atoms with van der Waals surface area (Å²) in [5, 5.41) is 0. The number of hydrogen-bond donors (Lipinski definition) is 1. The molecule has 1 rings (SSSR count). The second-order valence-electron chi connectivity index (χ2n) is 2.06. The van der Waals surface area contributed by atoms with Gasteiger partial charge in [0, 0.05) is 12.2 Å². The lowest BCUT2D eigenvalue weighted by atomic mass is 10.3. The van der Waals surface area contributed by atoms with Gasteiger partial charge in [-0.25, -0.2) is 9.97 Å². The van der Waals surface area contributed by atoms with Crippen LogP contribution in [0.3, 0.4) is 0 Å². The minimum atomic E-state index is 0.496. The molecule has 54 valence electrons. The van der Waals surface area contributed by atoms with Gasteiger partial charge in [0.25, 0.3) is 0 Å². The number of nitrogens with two attached hydrogens (primary N) is 1. The predicted octanol–water partition coefficient (Wildman–Crippen LogP) is 0.498. The Balaban J connectivity index is 2.87. The highest BCUT2D eigenvalue weighted by Crippen LogP contribution is 1.96. The molecular weight excluding hydrogens is 126 g/mol. The van der Waals surface area contributed by atoms with Gasteiger partial charge in [0.15, 0.2) is 0 Å². The lowest BCUT2D eigenvalue weighted by Gasteiger charge is -1.96. The van der Waals surface area contributed by atoms with Crippen LogP contribution in [0, 0.1) is 0 Å². The molecule has 3 heteroatoms. The Morgan fingerprint density at radius 1 is 1.40 bits per heavy atom. The lowest BCUT2D eigenvalue weighted by Crippen LogP contribution is -2.01. The Morgan fingerprint density at radius 3 is 2.70 bits per heavy atom. The molecule has 0 aliphatic heterocycles. The van der Waals surface area contributed by atoms with Crippen molar-refractivity contribution >= 4 is 0 Å². The SMILES string of the molecule is CCc1cc(CN)ncn1. The van der Waals surface area contributed by atoms with Crippen LogP contribution >= 0.6 is 0 Å². The summed E-state index contributed by atoms with van der Waals surface area (Å²) in [6, 6.07) is 1.93. The van der Waals surface area contributed by atoms with Gasteiger partial charge < -0.3 is 5.73 Å². The summed E-state index contributed by atoms with van der Waals surface area (Å²) in [5.74, 6) is 0. The summed E-state index contributed by atoms with van der Waals surface area (Å²) in [6.07, 6.45) is 2.50. The first kappa shape index (κ1) is 7.15. The van der Waals surface area contributed by atoms with Gasteiger partial charge in [-0.15, -0.1) is 0 Å². The smallest absolute Gasteiger partial charge is 0.115 e. The van der Waals surface area contributed by atoms with Crippen molar-refractivity contribution in [2.75, 3.05) is 0 Å². The first-order valence-corrected chi connectivity index (χ1v) is 3.36. The van der Waals surface area contributed by atoms with Crippen LogP contribution < -0.4 is 5.73 Å². The van der Waals surface area contributed by atoms with Gasteiger partial charge in [-0.05, 0) is 12.5 Å². The molecule has 0 spiro atoms. The summed E-state index contributed by atoms with van der Waals surface area (Å²) < 4.78 is 0. The van der Waals surface area contributed by atoms with Crippen LogP contribution in [0.25, 0.3) is 0 Å². The fourth-order valence-electron chi connectivity index (χ4n) is 0.749. The van der Waals surface area contributed by atoms with E-state index in [1.165, 1.54) is 0 Å². The highest BCUT2D eigenvalue weighted by atomic mass is 14.8. The maximum atomic E-state index is 5.38. The molecule has 0 saturated carbocycles. The van der Waals surface area contributed by atoms with Crippen molar-refractivity contribution in [3.8, 4) is 0 Å². The topological polar surface area (TPSA) is 51.8 Å². The molecule has 0 radical (unpaired) electrons. The van der Waals surface area contributed by atoms with Crippen LogP contribution in [0.1, 0.15) is 18.3 Å². The Kier molecular flexibility index (Phi) is 2.34. The van der Waals surface area contributed by atoms with Gasteiger partial charge in [-0.1, -0.05) is 6.92 Å². The molecule has 0 aromatic carbocycles. The molecule has 0 aliphatic carbocycles. The second-order valence-corrected chi connectivity index (χ2v) is 2.06. The third kappa shape index (κ3) is 1.51. The van der Waals surface area contributed by atoms with Crippen molar-refractivity contribution in [3.05, 3.63) is 23.8 Å². The quantitative estimate of drug-likeness (QED) is 0.645. The van der Waals surface area contributed by atoms with E-state index in [4.69, 9.17) is 5.73 Å². The molecule has 1 aromatic rings. The first-order chi connectivity index (χ1) is 4.86. The Morgan fingerprint density at radius 2 is 2.10 bits per heavy atom. The van der Waals surface area contributed by atoms with Crippen molar-refractivity contribution in [3.63, 3.8) is 0 Å². The van der Waals surface area contributed by atoms with E-state index in [-0.39, 0.29) is 0 Å². The number of aromatic nitrogens is 2. The zero-order valence-corrected chi connectivity index (χ0v) is 6.04. The van der Waals surface area contributed by atoms with Crippen LogP contribution in [-0.4, -0.2) is 9.97 Å². The summed E-state index contributed by atoms with van der Waals surface area (Å²) in [6.45, 7) is 2.55. The largest absolute Gasteiger partial charge is 0.325 e. The molecule has 0 amide bonds. The standard InChI is InChI=1S/C7H11N3/c1-2-6-3-7(4-8)10-5-9-6/h3,5H,2,4,8H2,1H3. The minimum absolute atomic E-state index is 0.496. The summed E-state index contributed by atoms with van der Waals surface area (Å²) >= 11 is 0. The van der Waals surface area contributed by atoms with Gasteiger partial charge in [-0.3, -0.25) is 0 Å². The van der Waals surface area contributed by atoms with Crippen LogP contribution in [0.4, 0.5) is 0 Å². The van der Waals surface area contributed by atoms with Crippen LogP contribution in [0.5, 0.6) is 0 Å². The minimum Gasteiger partial charge on any atom is -0.325 e. The Bertz CT molecular complexity index is 191. The summed E-state index contributed by atoms with van der Waals surface area (Å²) in [4.78, 5) is 8.01. The maximum absolute atomic E-state index is 5.38. The molecule has 0 saturated heterocycles. The molecule has 0 aliphatic rings. The molecule has 2 N–H and O–H groups in total. The molecule has 0 fully saturated rings. The monoisotopic (exact) mass is 137 g/mol. The van der Waals surface area contributed by atoms with Crippen LogP contribution in [0.15, 0.2) is 12.4 Å². The summed E-state index contributed by atoms with van der Waals surface area (Å²) in [5.41, 5.74) is 7.34. The zero-order valence-electron chi connectivity index (χ0n) is 6.04. The molecule has 3 nitrogen and oxygen atoms in total. The van der Waals surface area contributed by atoms with E-state index in [0.29, 0.717) is 6.54 Å². The highest BCUT2D eigenvalue weighted by Gasteiger charge is 1.92. The second kappa shape index (κ2) is 3.27. The van der Waals surface area contributed by atoms with E-state index in [9.17, 15) is 0 Å². The van der Waals surface area contributed by atoms with Crippen molar-refractivity contribution in [2.24, 2.45) is 5.73 Å². The van der Waals surface area contributed by atoms with E-state index in [1.807, 2.05) is 6.07 Å². The molecule has 0 unspecified atom stereocenters. The molecular formula is C7H11N3. The van der Waals surface area contributed by atoms with Gasteiger partial charge in [0.05, 0.1) is 5.69 Å². The van der Waals surface area contributed by atoms with E-state index < -0.39 is 0 Å². The van der Waals surface area contributed by atoms with Gasteiger partial charge >= 0.3 is 0 Å². The molecule has 0 bridgehead atoms. The van der Waals surface area contributed by atoms with E-state index in [0.717, 1.165) is 17.8 Å². The predicted molar refractivity (Wildman–Crippen MR) is 39.3 cm³/mol. The fourth-order valence-corrected chi connectivity index (χ4v) is 0.749. The molecule has 1 aromatic heterocycles. The van der Waals surface area contributed by atoms with Crippen molar-refractivity contribution in [2.45, 2.75) is 19.9 Å².